The number of hydrogen-bond donors (Lipinski definition) is 0. The predicted molar refractivity (Wildman–Crippen MR) is 84.9 cm³/mol. The molecule has 2 aromatic rings. The summed E-state index contributed by atoms with van der Waals surface area (Å²) in [6.07, 6.45) is 0. The Hall–Kier alpha value is -2.75. The Morgan fingerprint density at radius 3 is 2.27 bits per heavy atom. The van der Waals surface area contributed by atoms with Gasteiger partial charge < -0.3 is 14.4 Å². The summed E-state index contributed by atoms with van der Waals surface area (Å²) in [4.78, 5) is 14.5. The highest BCUT2D eigenvalue weighted by Crippen LogP contribution is 2.29. The van der Waals surface area contributed by atoms with Crippen LogP contribution in [0.2, 0.25) is 0 Å². The summed E-state index contributed by atoms with van der Waals surface area (Å²) in [6, 6.07) is 19.1. The zero-order valence-corrected chi connectivity index (χ0v) is 12.4. The van der Waals surface area contributed by atoms with Crippen LogP contribution in [0, 0.1) is 0 Å². The molecule has 2 aromatic carbocycles. The van der Waals surface area contributed by atoms with Crippen LogP contribution in [0.1, 0.15) is 12.5 Å². The first-order chi connectivity index (χ1) is 10.8. The van der Waals surface area contributed by atoms with Crippen LogP contribution in [0.25, 0.3) is 5.76 Å². The molecule has 1 amide bonds. The Bertz CT molecular complexity index is 680. The molecule has 0 bridgehead atoms. The van der Waals surface area contributed by atoms with Crippen LogP contribution < -0.4 is 4.90 Å². The van der Waals surface area contributed by atoms with E-state index in [4.69, 9.17) is 9.47 Å². The lowest BCUT2D eigenvalue weighted by atomic mass is 10.1. The second-order valence-electron chi connectivity index (χ2n) is 4.82. The smallest absolute Gasteiger partial charge is 0.297 e. The third-order valence-corrected chi connectivity index (χ3v) is 3.47. The molecular weight excluding hydrogens is 278 g/mol. The largest absolute Gasteiger partial charge is 0.453 e. The van der Waals surface area contributed by atoms with Crippen LogP contribution in [0.5, 0.6) is 0 Å². The number of carbonyl (C=O) groups excluding carboxylic acids is 1. The van der Waals surface area contributed by atoms with Gasteiger partial charge in [-0.3, -0.25) is 4.79 Å². The van der Waals surface area contributed by atoms with Crippen LogP contribution in [0.3, 0.4) is 0 Å². The molecule has 3 rings (SSSR count). The molecule has 0 radical (unpaired) electrons. The van der Waals surface area contributed by atoms with E-state index in [-0.39, 0.29) is 18.5 Å². The monoisotopic (exact) mass is 295 g/mol. The number of benzene rings is 2. The van der Waals surface area contributed by atoms with Gasteiger partial charge in [-0.15, -0.1) is 0 Å². The SMILES string of the molecule is CCN(C(=O)C1=C(c2ccccc2)OCO1)c1ccccc1. The second-order valence-corrected chi connectivity index (χ2v) is 4.82. The topological polar surface area (TPSA) is 38.8 Å². The Labute approximate surface area is 129 Å². The van der Waals surface area contributed by atoms with Crippen molar-refractivity contribution in [2.75, 3.05) is 18.2 Å². The predicted octanol–water partition coefficient (Wildman–Crippen LogP) is 3.41. The van der Waals surface area contributed by atoms with Gasteiger partial charge in [-0.05, 0) is 19.1 Å². The highest BCUT2D eigenvalue weighted by Gasteiger charge is 2.29. The van der Waals surface area contributed by atoms with Crippen molar-refractivity contribution in [2.45, 2.75) is 6.92 Å². The first-order valence-corrected chi connectivity index (χ1v) is 7.23. The maximum Gasteiger partial charge on any atom is 0.297 e. The number of rotatable bonds is 4. The standard InChI is InChI=1S/C18H17NO3/c1-2-19(15-11-7-4-8-12-15)18(20)17-16(21-13-22-17)14-9-5-3-6-10-14/h3-12H,2,13H2,1H3. The molecule has 22 heavy (non-hydrogen) atoms. The molecule has 0 N–H and O–H groups in total. The normalized spacial score (nSPS) is 13.5. The van der Waals surface area contributed by atoms with Gasteiger partial charge in [0.1, 0.15) is 0 Å². The van der Waals surface area contributed by atoms with Crippen molar-refractivity contribution in [1.82, 2.24) is 0 Å². The molecule has 1 aliphatic rings. The number of likely N-dealkylation sites (N-methyl/N-ethyl adjacent to an activating group) is 1. The van der Waals surface area contributed by atoms with Crippen molar-refractivity contribution in [2.24, 2.45) is 0 Å². The fraction of sp³-hybridized carbons (Fsp3) is 0.167. The van der Waals surface area contributed by atoms with Gasteiger partial charge in [0.15, 0.2) is 5.76 Å². The molecule has 1 heterocycles. The highest BCUT2D eigenvalue weighted by molar-refractivity contribution is 6.08. The van der Waals surface area contributed by atoms with Gasteiger partial charge in [-0.1, -0.05) is 48.5 Å². The zero-order valence-electron chi connectivity index (χ0n) is 12.4. The molecule has 0 aliphatic carbocycles. The molecule has 4 heteroatoms. The van der Waals surface area contributed by atoms with Crippen molar-refractivity contribution >= 4 is 17.4 Å². The van der Waals surface area contributed by atoms with E-state index in [0.29, 0.717) is 12.3 Å². The summed E-state index contributed by atoms with van der Waals surface area (Å²) < 4.78 is 11.0. The van der Waals surface area contributed by atoms with Crippen LogP contribution in [-0.2, 0) is 14.3 Å². The van der Waals surface area contributed by atoms with Crippen molar-refractivity contribution in [3.8, 4) is 0 Å². The van der Waals surface area contributed by atoms with Crippen molar-refractivity contribution in [3.05, 3.63) is 72.0 Å². The minimum Gasteiger partial charge on any atom is -0.453 e. The molecule has 0 fully saturated rings. The maximum absolute atomic E-state index is 12.8. The Morgan fingerprint density at radius 2 is 1.64 bits per heavy atom. The van der Waals surface area contributed by atoms with E-state index in [1.807, 2.05) is 67.6 Å². The minimum atomic E-state index is -0.190. The van der Waals surface area contributed by atoms with E-state index in [9.17, 15) is 4.79 Å². The molecule has 4 nitrogen and oxygen atoms in total. The molecule has 112 valence electrons. The van der Waals surface area contributed by atoms with E-state index >= 15 is 0 Å². The van der Waals surface area contributed by atoms with Crippen molar-refractivity contribution in [3.63, 3.8) is 0 Å². The fourth-order valence-electron chi connectivity index (χ4n) is 2.42. The summed E-state index contributed by atoms with van der Waals surface area (Å²) in [5.74, 6) is 0.571. The molecule has 1 aliphatic heterocycles. The summed E-state index contributed by atoms with van der Waals surface area (Å²) in [7, 11) is 0. The Balaban J connectivity index is 1.96. The van der Waals surface area contributed by atoms with Gasteiger partial charge in [0.25, 0.3) is 5.91 Å². The summed E-state index contributed by atoms with van der Waals surface area (Å²) in [6.45, 7) is 2.55. The van der Waals surface area contributed by atoms with Gasteiger partial charge in [0, 0.05) is 17.8 Å². The third-order valence-electron chi connectivity index (χ3n) is 3.47. The van der Waals surface area contributed by atoms with E-state index in [0.717, 1.165) is 11.3 Å². The second kappa shape index (κ2) is 6.35. The molecule has 0 saturated carbocycles. The Morgan fingerprint density at radius 1 is 1.00 bits per heavy atom. The number of nitrogens with zero attached hydrogens (tertiary/aromatic N) is 1. The van der Waals surface area contributed by atoms with E-state index < -0.39 is 0 Å². The van der Waals surface area contributed by atoms with Crippen molar-refractivity contribution < 1.29 is 14.3 Å². The number of amides is 1. The summed E-state index contributed by atoms with van der Waals surface area (Å²) in [5.41, 5.74) is 1.68. The van der Waals surface area contributed by atoms with Gasteiger partial charge >= 0.3 is 0 Å². The first-order valence-electron chi connectivity index (χ1n) is 7.23. The van der Waals surface area contributed by atoms with Gasteiger partial charge in [-0.25, -0.2) is 0 Å². The van der Waals surface area contributed by atoms with Gasteiger partial charge in [0.2, 0.25) is 12.6 Å². The van der Waals surface area contributed by atoms with Gasteiger partial charge in [-0.2, -0.15) is 0 Å². The highest BCUT2D eigenvalue weighted by atomic mass is 16.7. The van der Waals surface area contributed by atoms with Crippen LogP contribution in [0.4, 0.5) is 5.69 Å². The molecule has 0 saturated heterocycles. The average Bonchev–Trinajstić information content (AvgIpc) is 3.07. The maximum atomic E-state index is 12.8. The Kier molecular flexibility index (Phi) is 4.10. The van der Waals surface area contributed by atoms with Crippen molar-refractivity contribution in [1.29, 1.82) is 0 Å². The minimum absolute atomic E-state index is 0.0671. The summed E-state index contributed by atoms with van der Waals surface area (Å²) >= 11 is 0. The number of ether oxygens (including phenoxy) is 2. The summed E-state index contributed by atoms with van der Waals surface area (Å²) in [5, 5.41) is 0. The lowest BCUT2D eigenvalue weighted by Crippen LogP contribution is -2.32. The number of carbonyl (C=O) groups is 1. The van der Waals surface area contributed by atoms with E-state index in [1.54, 1.807) is 4.90 Å². The van der Waals surface area contributed by atoms with Gasteiger partial charge in [0.05, 0.1) is 0 Å². The lowest BCUT2D eigenvalue weighted by Gasteiger charge is -2.20. The zero-order chi connectivity index (χ0) is 15.4. The molecule has 0 atom stereocenters. The fourth-order valence-corrected chi connectivity index (χ4v) is 2.42. The number of hydrogen-bond acceptors (Lipinski definition) is 3. The molecule has 0 unspecified atom stereocenters. The van der Waals surface area contributed by atoms with Crippen LogP contribution in [-0.4, -0.2) is 19.2 Å². The molecule has 0 spiro atoms. The quantitative estimate of drug-likeness (QED) is 0.867. The van der Waals surface area contributed by atoms with E-state index in [1.165, 1.54) is 0 Å². The molecular formula is C18H17NO3. The first kappa shape index (κ1) is 14.2. The van der Waals surface area contributed by atoms with E-state index in [2.05, 4.69) is 0 Å². The third kappa shape index (κ3) is 2.68. The molecule has 0 aromatic heterocycles. The average molecular weight is 295 g/mol. The number of para-hydroxylation sites is 1. The van der Waals surface area contributed by atoms with Crippen LogP contribution in [0.15, 0.2) is 66.4 Å². The lowest BCUT2D eigenvalue weighted by molar-refractivity contribution is -0.118. The number of anilines is 1. The van der Waals surface area contributed by atoms with Crippen LogP contribution >= 0.6 is 0 Å².